The van der Waals surface area contributed by atoms with Crippen molar-refractivity contribution in [3.05, 3.63) is 35.4 Å². The Balaban J connectivity index is 2.53. The van der Waals surface area contributed by atoms with Crippen LogP contribution in [-0.2, 0) is 4.79 Å². The Bertz CT molecular complexity index is 670. The second-order valence-electron chi connectivity index (χ2n) is 4.25. The molecule has 0 unspecified atom stereocenters. The van der Waals surface area contributed by atoms with Crippen LogP contribution < -0.4 is 10.6 Å². The predicted molar refractivity (Wildman–Crippen MR) is 61.4 cm³/mol. The van der Waals surface area contributed by atoms with Gasteiger partial charge in [-0.1, -0.05) is 0 Å². The van der Waals surface area contributed by atoms with Crippen LogP contribution in [-0.4, -0.2) is 23.5 Å². The molecule has 0 spiro atoms. The van der Waals surface area contributed by atoms with Crippen LogP contribution in [0.5, 0.6) is 0 Å². The predicted octanol–water partition coefficient (Wildman–Crippen LogP) is 1.24. The summed E-state index contributed by atoms with van der Waals surface area (Å²) in [6.07, 6.45) is -4.10. The number of amides is 2. The first-order valence-corrected chi connectivity index (χ1v) is 5.59. The van der Waals surface area contributed by atoms with E-state index in [-0.39, 0.29) is 5.70 Å². The van der Waals surface area contributed by atoms with Crippen LogP contribution in [0.15, 0.2) is 34.1 Å². The van der Waals surface area contributed by atoms with Crippen molar-refractivity contribution in [2.45, 2.75) is 18.6 Å². The van der Waals surface area contributed by atoms with Gasteiger partial charge >= 0.3 is 6.18 Å². The number of allylic oxidation sites excluding steroid dienone is 1. The Labute approximate surface area is 116 Å². The van der Waals surface area contributed by atoms with Gasteiger partial charge in [0.2, 0.25) is 0 Å². The van der Waals surface area contributed by atoms with Crippen molar-refractivity contribution >= 4 is 11.8 Å². The lowest BCUT2D eigenvalue weighted by Gasteiger charge is -2.29. The van der Waals surface area contributed by atoms with Crippen molar-refractivity contribution in [2.24, 2.45) is 0 Å². The molecule has 9 heteroatoms. The highest BCUT2D eigenvalue weighted by molar-refractivity contribution is 6.03. The van der Waals surface area contributed by atoms with E-state index in [1.165, 1.54) is 12.1 Å². The van der Waals surface area contributed by atoms with Crippen LogP contribution in [0.2, 0.25) is 0 Å². The molecule has 1 aromatic rings. The number of nitriles is 1. The van der Waals surface area contributed by atoms with Crippen LogP contribution in [0.25, 0.3) is 0 Å². The lowest BCUT2D eigenvalue weighted by molar-refractivity contribution is -0.185. The highest BCUT2D eigenvalue weighted by Crippen LogP contribution is 2.40. The summed E-state index contributed by atoms with van der Waals surface area (Å²) in [5.41, 5.74) is -4.59. The maximum absolute atomic E-state index is 13.4. The molecule has 0 aromatic carbocycles. The van der Waals surface area contributed by atoms with Gasteiger partial charge in [0.15, 0.2) is 5.76 Å². The molecule has 2 amide bonds. The first-order valence-electron chi connectivity index (χ1n) is 5.59. The van der Waals surface area contributed by atoms with Crippen molar-refractivity contribution in [3.8, 4) is 6.07 Å². The average Bonchev–Trinajstić information content (AvgIpc) is 2.96. The lowest BCUT2D eigenvalue weighted by atomic mass is 9.90. The summed E-state index contributed by atoms with van der Waals surface area (Å²) in [7, 11) is 0. The zero-order valence-electron chi connectivity index (χ0n) is 10.5. The number of carbonyl (C=O) groups excluding carboxylic acids is 2. The molecule has 0 fully saturated rings. The number of alkyl halides is 3. The molecule has 2 N–H and O–H groups in total. The fourth-order valence-corrected chi connectivity index (χ4v) is 1.99. The molecule has 0 saturated heterocycles. The fourth-order valence-electron chi connectivity index (χ4n) is 1.99. The molecule has 6 nitrogen and oxygen atoms in total. The van der Waals surface area contributed by atoms with E-state index in [2.05, 4.69) is 4.42 Å². The van der Waals surface area contributed by atoms with E-state index in [9.17, 15) is 22.8 Å². The molecule has 0 aliphatic carbocycles. The normalized spacial score (nSPS) is 22.0. The summed E-state index contributed by atoms with van der Waals surface area (Å²) >= 11 is 0. The van der Waals surface area contributed by atoms with Crippen LogP contribution in [0.1, 0.15) is 17.5 Å². The Kier molecular flexibility index (Phi) is 3.25. The minimum Gasteiger partial charge on any atom is -0.459 e. The lowest BCUT2D eigenvalue weighted by Crippen LogP contribution is -2.64. The topological polar surface area (TPSA) is 95.1 Å². The molecular weight excluding hydrogens is 291 g/mol. The molecule has 1 atom stereocenters. The van der Waals surface area contributed by atoms with E-state index in [1.807, 2.05) is 5.32 Å². The summed E-state index contributed by atoms with van der Waals surface area (Å²) in [5.74, 6) is -3.20. The number of furan rings is 1. The van der Waals surface area contributed by atoms with E-state index in [4.69, 9.17) is 5.26 Å². The quantitative estimate of drug-likeness (QED) is 0.858. The third-order valence-corrected chi connectivity index (χ3v) is 2.97. The summed E-state index contributed by atoms with van der Waals surface area (Å²) in [5, 5.41) is 12.4. The Hall–Kier alpha value is -2.76. The Morgan fingerprint density at radius 3 is 2.67 bits per heavy atom. The van der Waals surface area contributed by atoms with Crippen molar-refractivity contribution in [1.29, 1.82) is 5.26 Å². The molecule has 2 rings (SSSR count). The first-order chi connectivity index (χ1) is 9.74. The van der Waals surface area contributed by atoms with E-state index in [0.717, 1.165) is 19.3 Å². The SMILES string of the molecule is CC1=C(C#N)[C@](NC(=O)c2ccco2)(C(F)(F)F)C(=O)N1. The molecule has 0 bridgehead atoms. The largest absolute Gasteiger partial charge is 0.459 e. The van der Waals surface area contributed by atoms with Crippen LogP contribution in [0, 0.1) is 11.3 Å². The number of carbonyl (C=O) groups is 2. The molecule has 21 heavy (non-hydrogen) atoms. The molecule has 2 heterocycles. The van der Waals surface area contributed by atoms with Gasteiger partial charge in [0.05, 0.1) is 17.9 Å². The van der Waals surface area contributed by atoms with Gasteiger partial charge in [-0.15, -0.1) is 0 Å². The Morgan fingerprint density at radius 1 is 1.52 bits per heavy atom. The minimum atomic E-state index is -5.19. The van der Waals surface area contributed by atoms with Gasteiger partial charge in [-0.3, -0.25) is 9.59 Å². The second-order valence-corrected chi connectivity index (χ2v) is 4.25. The maximum Gasteiger partial charge on any atom is 0.425 e. The van der Waals surface area contributed by atoms with Crippen molar-refractivity contribution in [1.82, 2.24) is 10.6 Å². The third kappa shape index (κ3) is 2.05. The fraction of sp³-hybridized carbons (Fsp3) is 0.250. The maximum atomic E-state index is 13.4. The van der Waals surface area contributed by atoms with Gasteiger partial charge in [0.25, 0.3) is 17.4 Å². The molecule has 1 aliphatic rings. The molecule has 0 radical (unpaired) electrons. The smallest absolute Gasteiger partial charge is 0.425 e. The summed E-state index contributed by atoms with van der Waals surface area (Å²) in [4.78, 5) is 23.6. The highest BCUT2D eigenvalue weighted by atomic mass is 19.4. The summed E-state index contributed by atoms with van der Waals surface area (Å²) < 4.78 is 44.8. The standard InChI is InChI=1S/C12H8F3N3O3/c1-6-7(5-16)11(10(20)17-6,12(13,14)15)18-9(19)8-3-2-4-21-8/h2-4H,1H3,(H,17,20)(H,18,19)/t11-/m1/s1. The summed E-state index contributed by atoms with van der Waals surface area (Å²) in [6, 6.07) is 3.76. The van der Waals surface area contributed by atoms with Gasteiger partial charge in [0.1, 0.15) is 0 Å². The van der Waals surface area contributed by atoms with E-state index >= 15 is 0 Å². The first kappa shape index (κ1) is 14.6. The zero-order valence-corrected chi connectivity index (χ0v) is 10.5. The second kappa shape index (κ2) is 4.66. The molecule has 0 saturated carbocycles. The van der Waals surface area contributed by atoms with Gasteiger partial charge in [-0.2, -0.15) is 18.4 Å². The number of nitrogens with zero attached hydrogens (tertiary/aromatic N) is 1. The molecular formula is C12H8F3N3O3. The number of nitrogens with one attached hydrogen (secondary N) is 2. The minimum absolute atomic E-state index is 0.264. The van der Waals surface area contributed by atoms with Crippen molar-refractivity contribution in [2.75, 3.05) is 0 Å². The number of rotatable bonds is 2. The highest BCUT2D eigenvalue weighted by Gasteiger charge is 2.67. The molecule has 1 aliphatic heterocycles. The van der Waals surface area contributed by atoms with Crippen molar-refractivity contribution < 1.29 is 27.2 Å². The summed E-state index contributed by atoms with van der Waals surface area (Å²) in [6.45, 7) is 1.14. The number of hydrogen-bond acceptors (Lipinski definition) is 4. The van der Waals surface area contributed by atoms with E-state index in [0.29, 0.717) is 0 Å². The van der Waals surface area contributed by atoms with E-state index in [1.54, 1.807) is 5.32 Å². The van der Waals surface area contributed by atoms with Gasteiger partial charge < -0.3 is 15.1 Å². The zero-order chi connectivity index (χ0) is 15.8. The third-order valence-electron chi connectivity index (χ3n) is 2.97. The monoisotopic (exact) mass is 299 g/mol. The van der Waals surface area contributed by atoms with Crippen LogP contribution >= 0.6 is 0 Å². The van der Waals surface area contributed by atoms with Gasteiger partial charge in [0, 0.05) is 5.70 Å². The van der Waals surface area contributed by atoms with Gasteiger partial charge in [-0.05, 0) is 19.1 Å². The number of halogens is 3. The molecule has 1 aromatic heterocycles. The molecule has 110 valence electrons. The van der Waals surface area contributed by atoms with Gasteiger partial charge in [-0.25, -0.2) is 0 Å². The Morgan fingerprint density at radius 2 is 2.19 bits per heavy atom. The van der Waals surface area contributed by atoms with E-state index < -0.39 is 34.9 Å². The van der Waals surface area contributed by atoms with Crippen LogP contribution in [0.3, 0.4) is 0 Å². The number of hydrogen-bond donors (Lipinski definition) is 2. The van der Waals surface area contributed by atoms with Crippen LogP contribution in [0.4, 0.5) is 13.2 Å². The van der Waals surface area contributed by atoms with Crippen molar-refractivity contribution in [3.63, 3.8) is 0 Å². The average molecular weight is 299 g/mol.